The maximum absolute atomic E-state index is 12.3. The van der Waals surface area contributed by atoms with Gasteiger partial charge in [-0.3, -0.25) is 4.72 Å². The van der Waals surface area contributed by atoms with Crippen molar-refractivity contribution in [2.75, 3.05) is 17.6 Å². The van der Waals surface area contributed by atoms with E-state index in [0.29, 0.717) is 11.4 Å². The van der Waals surface area contributed by atoms with Gasteiger partial charge in [0.1, 0.15) is 12.0 Å². The Morgan fingerprint density at radius 3 is 2.77 bits per heavy atom. The molecule has 7 heteroatoms. The zero-order valence-electron chi connectivity index (χ0n) is 12.3. The van der Waals surface area contributed by atoms with Crippen molar-refractivity contribution >= 4 is 15.7 Å². The Hall–Kier alpha value is -1.86. The number of hydrogen-bond acceptors (Lipinski definition) is 5. The van der Waals surface area contributed by atoms with Crippen LogP contribution in [0.4, 0.5) is 5.69 Å². The third kappa shape index (κ3) is 3.15. The van der Waals surface area contributed by atoms with E-state index < -0.39 is 15.6 Å². The number of ether oxygens (including phenoxy) is 1. The van der Waals surface area contributed by atoms with Gasteiger partial charge in [0.2, 0.25) is 10.0 Å². The summed E-state index contributed by atoms with van der Waals surface area (Å²) in [6, 6.07) is 8.79. The predicted octanol–water partition coefficient (Wildman–Crippen LogP) is 2.65. The molecule has 0 unspecified atom stereocenters. The number of nitrogens with zero attached hydrogens (tertiary/aromatic N) is 1. The highest BCUT2D eigenvalue weighted by Gasteiger charge is 2.41. The van der Waals surface area contributed by atoms with Gasteiger partial charge in [-0.15, -0.1) is 0 Å². The first-order valence-corrected chi connectivity index (χ1v) is 8.74. The first-order valence-electron chi connectivity index (χ1n) is 7.08. The molecule has 1 aliphatic rings. The lowest BCUT2D eigenvalue weighted by molar-refractivity contribution is -0.0524. The standard InChI is InChI=1S/C15H18N2O4S/c1-20-15(7-3-8-15)11-22(18,19)17-13-5-2-4-12(10-13)14-6-9-21-16-14/h2,4-6,9-10,17H,3,7-8,11H2,1H3. The SMILES string of the molecule is COC1(CS(=O)(=O)Nc2cccc(-c3ccon3)c2)CCC1. The van der Waals surface area contributed by atoms with Crippen molar-refractivity contribution < 1.29 is 17.7 Å². The lowest BCUT2D eigenvalue weighted by Crippen LogP contribution is -2.46. The Balaban J connectivity index is 1.76. The number of methoxy groups -OCH3 is 1. The first kappa shape index (κ1) is 15.1. The molecule has 1 heterocycles. The average molecular weight is 322 g/mol. The van der Waals surface area contributed by atoms with Crippen LogP contribution in [0.25, 0.3) is 11.3 Å². The molecule has 0 spiro atoms. The average Bonchev–Trinajstić information content (AvgIpc) is 2.97. The zero-order valence-corrected chi connectivity index (χ0v) is 13.1. The Kier molecular flexibility index (Phi) is 3.92. The van der Waals surface area contributed by atoms with Gasteiger partial charge in [-0.25, -0.2) is 8.42 Å². The van der Waals surface area contributed by atoms with E-state index in [1.54, 1.807) is 31.4 Å². The summed E-state index contributed by atoms with van der Waals surface area (Å²) in [6.07, 6.45) is 4.04. The van der Waals surface area contributed by atoms with Gasteiger partial charge in [-0.2, -0.15) is 0 Å². The summed E-state index contributed by atoms with van der Waals surface area (Å²) in [6.45, 7) is 0. The van der Waals surface area contributed by atoms with Gasteiger partial charge in [-0.05, 0) is 31.4 Å². The fourth-order valence-corrected chi connectivity index (χ4v) is 4.30. The molecule has 0 bridgehead atoms. The third-order valence-corrected chi connectivity index (χ3v) is 5.47. The van der Waals surface area contributed by atoms with E-state index in [1.807, 2.05) is 6.07 Å². The summed E-state index contributed by atoms with van der Waals surface area (Å²) >= 11 is 0. The number of rotatable bonds is 6. The van der Waals surface area contributed by atoms with Gasteiger partial charge in [0.15, 0.2) is 0 Å². The summed E-state index contributed by atoms with van der Waals surface area (Å²) in [5.41, 5.74) is 1.42. The van der Waals surface area contributed by atoms with Crippen LogP contribution in [-0.2, 0) is 14.8 Å². The van der Waals surface area contributed by atoms with Crippen molar-refractivity contribution in [3.8, 4) is 11.3 Å². The molecule has 6 nitrogen and oxygen atoms in total. The minimum atomic E-state index is -3.47. The van der Waals surface area contributed by atoms with Crippen LogP contribution in [-0.4, -0.2) is 32.0 Å². The van der Waals surface area contributed by atoms with Crippen LogP contribution in [0.1, 0.15) is 19.3 Å². The molecule has 1 aromatic heterocycles. The highest BCUT2D eigenvalue weighted by atomic mass is 32.2. The molecule has 0 saturated heterocycles. The quantitative estimate of drug-likeness (QED) is 0.884. The van der Waals surface area contributed by atoms with Crippen molar-refractivity contribution in [3.63, 3.8) is 0 Å². The van der Waals surface area contributed by atoms with Gasteiger partial charge < -0.3 is 9.26 Å². The highest BCUT2D eigenvalue weighted by molar-refractivity contribution is 7.92. The minimum absolute atomic E-state index is 0.0231. The smallest absolute Gasteiger partial charge is 0.235 e. The van der Waals surface area contributed by atoms with Crippen LogP contribution in [0.15, 0.2) is 41.1 Å². The second-order valence-corrected chi connectivity index (χ2v) is 7.29. The van der Waals surface area contributed by atoms with E-state index in [4.69, 9.17) is 9.26 Å². The fourth-order valence-electron chi connectivity index (χ4n) is 2.64. The molecule has 0 radical (unpaired) electrons. The molecule has 1 aromatic carbocycles. The molecular formula is C15H18N2O4S. The van der Waals surface area contributed by atoms with Crippen molar-refractivity contribution in [3.05, 3.63) is 36.6 Å². The second kappa shape index (κ2) is 5.73. The number of benzene rings is 1. The van der Waals surface area contributed by atoms with E-state index in [-0.39, 0.29) is 5.75 Å². The molecule has 0 amide bonds. The molecular weight excluding hydrogens is 304 g/mol. The lowest BCUT2D eigenvalue weighted by atomic mass is 9.82. The van der Waals surface area contributed by atoms with Crippen LogP contribution >= 0.6 is 0 Å². The number of aromatic nitrogens is 1. The number of nitrogens with one attached hydrogen (secondary N) is 1. The van der Waals surface area contributed by atoms with Crippen molar-refractivity contribution in [1.82, 2.24) is 5.16 Å². The Morgan fingerprint density at radius 1 is 1.36 bits per heavy atom. The fraction of sp³-hybridized carbons (Fsp3) is 0.400. The molecule has 0 aliphatic heterocycles. The molecule has 1 N–H and O–H groups in total. The Morgan fingerprint density at radius 2 is 2.18 bits per heavy atom. The summed E-state index contributed by atoms with van der Waals surface area (Å²) < 4.78 is 37.5. The van der Waals surface area contributed by atoms with E-state index in [0.717, 1.165) is 24.8 Å². The summed E-state index contributed by atoms with van der Waals surface area (Å²) in [7, 11) is -1.90. The lowest BCUT2D eigenvalue weighted by Gasteiger charge is -2.39. The summed E-state index contributed by atoms with van der Waals surface area (Å²) in [4.78, 5) is 0. The summed E-state index contributed by atoms with van der Waals surface area (Å²) in [5.74, 6) is -0.0231. The Labute approximate surface area is 129 Å². The van der Waals surface area contributed by atoms with Gasteiger partial charge in [0.25, 0.3) is 0 Å². The maximum atomic E-state index is 12.3. The van der Waals surface area contributed by atoms with Gasteiger partial charge >= 0.3 is 0 Å². The van der Waals surface area contributed by atoms with Crippen LogP contribution in [0.3, 0.4) is 0 Å². The largest absolute Gasteiger partial charge is 0.377 e. The molecule has 1 fully saturated rings. The summed E-state index contributed by atoms with van der Waals surface area (Å²) in [5, 5.41) is 3.85. The highest BCUT2D eigenvalue weighted by Crippen LogP contribution is 2.36. The zero-order chi connectivity index (χ0) is 15.6. The number of sulfonamides is 1. The molecule has 3 rings (SSSR count). The van der Waals surface area contributed by atoms with Crippen LogP contribution in [0.5, 0.6) is 0 Å². The van der Waals surface area contributed by atoms with Crippen molar-refractivity contribution in [1.29, 1.82) is 0 Å². The van der Waals surface area contributed by atoms with Gasteiger partial charge in [-0.1, -0.05) is 17.3 Å². The van der Waals surface area contributed by atoms with E-state index >= 15 is 0 Å². The molecule has 1 aliphatic carbocycles. The van der Waals surface area contributed by atoms with Crippen LogP contribution in [0.2, 0.25) is 0 Å². The van der Waals surface area contributed by atoms with Gasteiger partial charge in [0, 0.05) is 24.4 Å². The van der Waals surface area contributed by atoms with Crippen LogP contribution in [0, 0.1) is 0 Å². The van der Waals surface area contributed by atoms with Gasteiger partial charge in [0.05, 0.1) is 11.4 Å². The molecule has 0 atom stereocenters. The van der Waals surface area contributed by atoms with E-state index in [9.17, 15) is 8.42 Å². The topological polar surface area (TPSA) is 81.4 Å². The van der Waals surface area contributed by atoms with Crippen LogP contribution < -0.4 is 4.72 Å². The van der Waals surface area contributed by atoms with Crippen molar-refractivity contribution in [2.45, 2.75) is 24.9 Å². The number of anilines is 1. The molecule has 22 heavy (non-hydrogen) atoms. The second-order valence-electron chi connectivity index (χ2n) is 5.57. The molecule has 118 valence electrons. The first-order chi connectivity index (χ1) is 10.5. The van der Waals surface area contributed by atoms with Crippen molar-refractivity contribution in [2.24, 2.45) is 0 Å². The molecule has 2 aromatic rings. The normalized spacial score (nSPS) is 17.0. The predicted molar refractivity (Wildman–Crippen MR) is 82.9 cm³/mol. The Bertz CT molecular complexity index is 731. The monoisotopic (exact) mass is 322 g/mol. The van der Waals surface area contributed by atoms with E-state index in [2.05, 4.69) is 9.88 Å². The maximum Gasteiger partial charge on any atom is 0.235 e. The number of hydrogen-bond donors (Lipinski definition) is 1. The van der Waals surface area contributed by atoms with E-state index in [1.165, 1.54) is 6.26 Å². The third-order valence-electron chi connectivity index (χ3n) is 4.02. The molecule has 1 saturated carbocycles. The minimum Gasteiger partial charge on any atom is -0.377 e.